The van der Waals surface area contributed by atoms with Crippen molar-refractivity contribution in [2.45, 2.75) is 19.3 Å². The average molecular weight is 493 g/mol. The van der Waals surface area contributed by atoms with E-state index in [0.29, 0.717) is 45.4 Å². The Hall–Kier alpha value is -2.02. The number of nitrogens with zero attached hydrogens (tertiary/aromatic N) is 1. The molecule has 0 radical (unpaired) electrons. The van der Waals surface area contributed by atoms with Crippen LogP contribution in [0.15, 0.2) is 50.1 Å². The second-order valence-corrected chi connectivity index (χ2v) is 8.59. The molecule has 1 aliphatic rings. The van der Waals surface area contributed by atoms with Crippen LogP contribution in [0.25, 0.3) is 22.3 Å². The zero-order valence-corrected chi connectivity index (χ0v) is 19.1. The van der Waals surface area contributed by atoms with Crippen molar-refractivity contribution in [2.75, 3.05) is 33.4 Å². The zero-order chi connectivity index (χ0) is 21.1. The molecule has 5 nitrogen and oxygen atoms in total. The van der Waals surface area contributed by atoms with Gasteiger partial charge >= 0.3 is 0 Å². The van der Waals surface area contributed by atoms with Crippen molar-refractivity contribution in [1.29, 1.82) is 0 Å². The Balaban J connectivity index is 1.66. The fourth-order valence-electron chi connectivity index (χ4n) is 3.76. The van der Waals surface area contributed by atoms with Crippen molar-refractivity contribution in [3.05, 3.63) is 56.1 Å². The summed E-state index contributed by atoms with van der Waals surface area (Å²) >= 11 is 9.79. The van der Waals surface area contributed by atoms with Gasteiger partial charge < -0.3 is 18.8 Å². The maximum Gasteiger partial charge on any atom is 0.193 e. The number of rotatable bonds is 7. The van der Waals surface area contributed by atoms with Crippen LogP contribution >= 0.6 is 27.5 Å². The summed E-state index contributed by atoms with van der Waals surface area (Å²) in [6.45, 7) is 3.93. The van der Waals surface area contributed by atoms with Gasteiger partial charge in [0.05, 0.1) is 34.2 Å². The van der Waals surface area contributed by atoms with E-state index in [2.05, 4.69) is 20.8 Å². The summed E-state index contributed by atoms with van der Waals surface area (Å²) < 4.78 is 18.4. The van der Waals surface area contributed by atoms with E-state index in [1.54, 1.807) is 31.4 Å². The van der Waals surface area contributed by atoms with Gasteiger partial charge in [-0.2, -0.15) is 0 Å². The second kappa shape index (κ2) is 9.41. The number of likely N-dealkylation sites (tertiary alicyclic amines) is 1. The first-order valence-corrected chi connectivity index (χ1v) is 11.2. The van der Waals surface area contributed by atoms with Crippen LogP contribution in [0.3, 0.4) is 0 Å². The SMILES string of the molecule is COc1cc(-c2cc(=O)c3cccc(Cl)c3o2)c(OCCCN2CCCC2)cc1Br. The predicted molar refractivity (Wildman–Crippen MR) is 123 cm³/mol. The van der Waals surface area contributed by atoms with E-state index in [0.717, 1.165) is 17.4 Å². The van der Waals surface area contributed by atoms with Crippen LogP contribution < -0.4 is 14.9 Å². The molecule has 0 N–H and O–H groups in total. The molecule has 1 saturated heterocycles. The van der Waals surface area contributed by atoms with Gasteiger partial charge in [-0.15, -0.1) is 0 Å². The molecule has 1 aliphatic heterocycles. The average Bonchev–Trinajstić information content (AvgIpc) is 3.25. The van der Waals surface area contributed by atoms with Gasteiger partial charge in [-0.05, 0) is 72.5 Å². The van der Waals surface area contributed by atoms with Crippen molar-refractivity contribution in [1.82, 2.24) is 4.90 Å². The Labute approximate surface area is 188 Å². The van der Waals surface area contributed by atoms with Crippen molar-refractivity contribution in [2.24, 2.45) is 0 Å². The van der Waals surface area contributed by atoms with Crippen LogP contribution in [-0.2, 0) is 0 Å². The molecule has 1 aromatic heterocycles. The lowest BCUT2D eigenvalue weighted by Gasteiger charge is -2.17. The van der Waals surface area contributed by atoms with Crippen LogP contribution in [0.1, 0.15) is 19.3 Å². The van der Waals surface area contributed by atoms with Crippen molar-refractivity contribution in [3.8, 4) is 22.8 Å². The Morgan fingerprint density at radius 3 is 2.73 bits per heavy atom. The van der Waals surface area contributed by atoms with E-state index < -0.39 is 0 Å². The molecular formula is C23H23BrClNO4. The first-order valence-electron chi connectivity index (χ1n) is 10.0. The predicted octanol–water partition coefficient (Wildman–Crippen LogP) is 5.75. The fraction of sp³-hybridized carbons (Fsp3) is 0.348. The van der Waals surface area contributed by atoms with E-state index in [-0.39, 0.29) is 5.43 Å². The molecule has 2 heterocycles. The van der Waals surface area contributed by atoms with Gasteiger partial charge in [-0.1, -0.05) is 17.7 Å². The molecule has 2 aromatic carbocycles. The molecule has 0 atom stereocenters. The van der Waals surface area contributed by atoms with Gasteiger partial charge in [0.1, 0.15) is 17.3 Å². The standard InChI is InChI=1S/C23H23BrClNO4/c1-28-22-12-16(21-14-19(27)15-6-4-7-18(25)23(15)30-21)20(13-17(22)24)29-11-5-10-26-8-2-3-9-26/h4,6-7,12-14H,2-3,5,8-11H2,1H3. The third kappa shape index (κ3) is 4.51. The number of ether oxygens (including phenoxy) is 2. The third-order valence-corrected chi connectivity index (χ3v) is 6.22. The monoisotopic (exact) mass is 491 g/mol. The molecule has 0 bridgehead atoms. The molecule has 0 unspecified atom stereocenters. The molecule has 0 saturated carbocycles. The molecule has 3 aromatic rings. The zero-order valence-electron chi connectivity index (χ0n) is 16.7. The number of halogens is 2. The number of hydrogen-bond acceptors (Lipinski definition) is 5. The summed E-state index contributed by atoms with van der Waals surface area (Å²) in [5.41, 5.74) is 0.856. The minimum atomic E-state index is -0.157. The largest absolute Gasteiger partial charge is 0.496 e. The minimum Gasteiger partial charge on any atom is -0.496 e. The lowest BCUT2D eigenvalue weighted by atomic mass is 10.1. The van der Waals surface area contributed by atoms with Crippen molar-refractivity contribution >= 4 is 38.5 Å². The highest BCUT2D eigenvalue weighted by Crippen LogP contribution is 2.39. The quantitative estimate of drug-likeness (QED) is 0.393. The van der Waals surface area contributed by atoms with Crippen LogP contribution in [0.5, 0.6) is 11.5 Å². The lowest BCUT2D eigenvalue weighted by Crippen LogP contribution is -2.22. The summed E-state index contributed by atoms with van der Waals surface area (Å²) in [5.74, 6) is 1.64. The fourth-order valence-corrected chi connectivity index (χ4v) is 4.45. The normalized spacial score (nSPS) is 14.4. The van der Waals surface area contributed by atoms with E-state index >= 15 is 0 Å². The second-order valence-electron chi connectivity index (χ2n) is 7.33. The molecule has 7 heteroatoms. The van der Waals surface area contributed by atoms with E-state index in [1.807, 2.05) is 6.07 Å². The Morgan fingerprint density at radius 1 is 1.17 bits per heavy atom. The van der Waals surface area contributed by atoms with Crippen LogP contribution in [-0.4, -0.2) is 38.3 Å². The Kier molecular flexibility index (Phi) is 6.66. The molecular weight excluding hydrogens is 470 g/mol. The number of fused-ring (bicyclic) bond motifs is 1. The first kappa shape index (κ1) is 21.2. The molecule has 1 fully saturated rings. The van der Waals surface area contributed by atoms with Gasteiger partial charge in [-0.3, -0.25) is 4.79 Å². The van der Waals surface area contributed by atoms with E-state index in [9.17, 15) is 4.79 Å². The highest BCUT2D eigenvalue weighted by molar-refractivity contribution is 9.10. The summed E-state index contributed by atoms with van der Waals surface area (Å²) in [6.07, 6.45) is 3.48. The van der Waals surface area contributed by atoms with Crippen molar-refractivity contribution in [3.63, 3.8) is 0 Å². The first-order chi connectivity index (χ1) is 14.6. The summed E-state index contributed by atoms with van der Waals surface area (Å²) in [6, 6.07) is 10.3. The number of para-hydroxylation sites is 1. The number of hydrogen-bond donors (Lipinski definition) is 0. The Morgan fingerprint density at radius 2 is 1.97 bits per heavy atom. The van der Waals surface area contributed by atoms with Gasteiger partial charge in [0, 0.05) is 12.6 Å². The van der Waals surface area contributed by atoms with Crippen LogP contribution in [0.2, 0.25) is 5.02 Å². The number of methoxy groups -OCH3 is 1. The Bertz CT molecular complexity index is 1110. The van der Waals surface area contributed by atoms with Gasteiger partial charge in [0.2, 0.25) is 0 Å². The maximum absolute atomic E-state index is 12.7. The molecule has 30 heavy (non-hydrogen) atoms. The molecule has 4 rings (SSSR count). The summed E-state index contributed by atoms with van der Waals surface area (Å²) in [4.78, 5) is 15.1. The van der Waals surface area contributed by atoms with Crippen LogP contribution in [0.4, 0.5) is 0 Å². The molecule has 158 valence electrons. The van der Waals surface area contributed by atoms with Gasteiger partial charge in [-0.25, -0.2) is 0 Å². The summed E-state index contributed by atoms with van der Waals surface area (Å²) in [7, 11) is 1.59. The highest BCUT2D eigenvalue weighted by atomic mass is 79.9. The maximum atomic E-state index is 12.7. The molecule has 0 spiro atoms. The minimum absolute atomic E-state index is 0.157. The van der Waals surface area contributed by atoms with Gasteiger partial charge in [0.25, 0.3) is 0 Å². The van der Waals surface area contributed by atoms with Crippen LogP contribution in [0, 0.1) is 0 Å². The topological polar surface area (TPSA) is 51.9 Å². The van der Waals surface area contributed by atoms with Gasteiger partial charge in [0.15, 0.2) is 11.0 Å². The smallest absolute Gasteiger partial charge is 0.193 e. The lowest BCUT2D eigenvalue weighted by molar-refractivity contribution is 0.263. The van der Waals surface area contributed by atoms with E-state index in [1.165, 1.54) is 32.0 Å². The summed E-state index contributed by atoms with van der Waals surface area (Å²) in [5, 5.41) is 0.840. The molecule has 0 amide bonds. The molecule has 0 aliphatic carbocycles. The van der Waals surface area contributed by atoms with E-state index in [4.69, 9.17) is 25.5 Å². The third-order valence-electron chi connectivity index (χ3n) is 5.30. The van der Waals surface area contributed by atoms with Crippen molar-refractivity contribution < 1.29 is 13.9 Å². The highest BCUT2D eigenvalue weighted by Gasteiger charge is 2.17. The number of benzene rings is 2.